The Kier molecular flexibility index (Phi) is 3.96. The highest BCUT2D eigenvalue weighted by Crippen LogP contribution is 2.22. The number of nitrogens with zero attached hydrogens (tertiary/aromatic N) is 2. The zero-order chi connectivity index (χ0) is 16.6. The zero-order valence-corrected chi connectivity index (χ0v) is 13.8. The van der Waals surface area contributed by atoms with Crippen LogP contribution in [0.15, 0.2) is 41.0 Å². The smallest absolute Gasteiger partial charge is 0.280 e. The van der Waals surface area contributed by atoms with Crippen LogP contribution < -0.4 is 5.32 Å². The molecule has 0 saturated carbocycles. The molecule has 0 bridgehead atoms. The predicted molar refractivity (Wildman–Crippen MR) is 87.1 cm³/mol. The van der Waals surface area contributed by atoms with Gasteiger partial charge in [0.05, 0.1) is 5.56 Å². The van der Waals surface area contributed by atoms with E-state index >= 15 is 0 Å². The highest BCUT2D eigenvalue weighted by atomic mass is 79.9. The molecule has 116 valence electrons. The number of carbonyl (C=O) groups is 3. The Hall–Kier alpha value is -2.54. The molecule has 0 aliphatic carbocycles. The van der Waals surface area contributed by atoms with Crippen LogP contribution in [0.3, 0.4) is 0 Å². The van der Waals surface area contributed by atoms with Crippen LogP contribution in [0.2, 0.25) is 0 Å². The molecule has 1 aliphatic heterocycles. The Bertz CT molecular complexity index is 800. The highest BCUT2D eigenvalue weighted by Gasteiger charge is 2.37. The number of aryl methyl sites for hydroxylation is 1. The van der Waals surface area contributed by atoms with Gasteiger partial charge in [-0.3, -0.25) is 24.3 Å². The fraction of sp³-hybridized carbons (Fsp3) is 0.125. The third-order valence-electron chi connectivity index (χ3n) is 3.47. The van der Waals surface area contributed by atoms with Gasteiger partial charge < -0.3 is 5.32 Å². The fourth-order valence-electron chi connectivity index (χ4n) is 2.32. The van der Waals surface area contributed by atoms with Gasteiger partial charge in [0.1, 0.15) is 12.2 Å². The molecule has 0 spiro atoms. The van der Waals surface area contributed by atoms with E-state index in [-0.39, 0.29) is 17.8 Å². The summed E-state index contributed by atoms with van der Waals surface area (Å²) in [6.07, 6.45) is 1.44. The lowest BCUT2D eigenvalue weighted by Gasteiger charge is -2.13. The van der Waals surface area contributed by atoms with Crippen LogP contribution in [0, 0.1) is 6.92 Å². The molecule has 0 fully saturated rings. The quantitative estimate of drug-likeness (QED) is 0.837. The minimum absolute atomic E-state index is 0.0878. The van der Waals surface area contributed by atoms with E-state index < -0.39 is 17.7 Å². The summed E-state index contributed by atoms with van der Waals surface area (Å²) < 4.78 is 0.932. The van der Waals surface area contributed by atoms with Gasteiger partial charge in [-0.15, -0.1) is 0 Å². The number of rotatable bonds is 3. The van der Waals surface area contributed by atoms with Gasteiger partial charge in [0, 0.05) is 16.4 Å². The fourth-order valence-corrected chi connectivity index (χ4v) is 2.57. The second-order valence-corrected chi connectivity index (χ2v) is 5.96. The zero-order valence-electron chi connectivity index (χ0n) is 12.2. The molecule has 2 aromatic rings. The van der Waals surface area contributed by atoms with Crippen LogP contribution >= 0.6 is 15.9 Å². The molecule has 1 aromatic heterocycles. The molecule has 3 amide bonds. The van der Waals surface area contributed by atoms with E-state index in [1.165, 1.54) is 12.3 Å². The van der Waals surface area contributed by atoms with Crippen molar-refractivity contribution in [1.82, 2.24) is 9.88 Å². The Morgan fingerprint density at radius 3 is 2.74 bits per heavy atom. The summed E-state index contributed by atoms with van der Waals surface area (Å²) in [6.45, 7) is 1.55. The van der Waals surface area contributed by atoms with E-state index in [4.69, 9.17) is 0 Å². The normalized spacial score (nSPS) is 13.2. The maximum Gasteiger partial charge on any atom is 0.280 e. The first kappa shape index (κ1) is 15.4. The number of imide groups is 1. The van der Waals surface area contributed by atoms with Crippen molar-refractivity contribution in [2.75, 3.05) is 11.9 Å². The molecule has 2 heterocycles. The van der Waals surface area contributed by atoms with E-state index in [0.717, 1.165) is 14.9 Å². The van der Waals surface area contributed by atoms with Crippen LogP contribution in [0.4, 0.5) is 5.69 Å². The maximum absolute atomic E-state index is 12.2. The number of benzene rings is 1. The van der Waals surface area contributed by atoms with Gasteiger partial charge in [0.25, 0.3) is 11.8 Å². The van der Waals surface area contributed by atoms with Gasteiger partial charge in [0.15, 0.2) is 0 Å². The molecule has 0 radical (unpaired) electrons. The number of hydrogen-bond acceptors (Lipinski definition) is 4. The molecule has 1 N–H and O–H groups in total. The Balaban J connectivity index is 1.73. The summed E-state index contributed by atoms with van der Waals surface area (Å²) in [6, 6.07) is 8.46. The molecular weight excluding hydrogens is 362 g/mol. The average Bonchev–Trinajstić information content (AvgIpc) is 2.76. The van der Waals surface area contributed by atoms with Gasteiger partial charge >= 0.3 is 0 Å². The number of fused-ring (bicyclic) bond motifs is 1. The van der Waals surface area contributed by atoms with Gasteiger partial charge in [-0.2, -0.15) is 0 Å². The van der Waals surface area contributed by atoms with Crippen LogP contribution in [0.5, 0.6) is 0 Å². The summed E-state index contributed by atoms with van der Waals surface area (Å²) in [7, 11) is 0. The lowest BCUT2D eigenvalue weighted by Crippen LogP contribution is -2.37. The van der Waals surface area contributed by atoms with Gasteiger partial charge in [0.2, 0.25) is 5.91 Å². The van der Waals surface area contributed by atoms with Crippen molar-refractivity contribution in [3.05, 3.63) is 57.8 Å². The average molecular weight is 374 g/mol. The van der Waals surface area contributed by atoms with Crippen molar-refractivity contribution in [1.29, 1.82) is 0 Å². The number of anilines is 1. The SMILES string of the molecule is Cc1cc(NC(=O)CN2C(=O)c3cccnc3C2=O)ccc1Br. The number of carbonyl (C=O) groups excluding carboxylic acids is 3. The molecule has 1 aliphatic rings. The van der Waals surface area contributed by atoms with Crippen LogP contribution in [0.1, 0.15) is 26.4 Å². The molecular formula is C16H12BrN3O3. The second-order valence-electron chi connectivity index (χ2n) is 5.11. The van der Waals surface area contributed by atoms with Crippen LogP contribution in [-0.2, 0) is 4.79 Å². The standard InChI is InChI=1S/C16H12BrN3O3/c1-9-7-10(4-5-12(9)17)19-13(21)8-20-15(22)11-3-2-6-18-14(11)16(20)23/h2-7H,8H2,1H3,(H,19,21). The summed E-state index contributed by atoms with van der Waals surface area (Å²) in [5, 5.41) is 2.68. The minimum Gasteiger partial charge on any atom is -0.325 e. The summed E-state index contributed by atoms with van der Waals surface area (Å²) in [5.41, 5.74) is 1.88. The van der Waals surface area contributed by atoms with Crippen molar-refractivity contribution in [2.45, 2.75) is 6.92 Å². The molecule has 3 rings (SSSR count). The van der Waals surface area contributed by atoms with Gasteiger partial charge in [-0.25, -0.2) is 0 Å². The predicted octanol–water partition coefficient (Wildman–Crippen LogP) is 2.39. The molecule has 23 heavy (non-hydrogen) atoms. The monoisotopic (exact) mass is 373 g/mol. The number of amides is 3. The number of halogens is 1. The lowest BCUT2D eigenvalue weighted by molar-refractivity contribution is -0.116. The number of hydrogen-bond donors (Lipinski definition) is 1. The molecule has 0 atom stereocenters. The van der Waals surface area contributed by atoms with E-state index in [1.54, 1.807) is 18.2 Å². The Labute approximate surface area is 140 Å². The third-order valence-corrected chi connectivity index (χ3v) is 4.36. The van der Waals surface area contributed by atoms with E-state index in [9.17, 15) is 14.4 Å². The Morgan fingerprint density at radius 1 is 1.26 bits per heavy atom. The summed E-state index contributed by atoms with van der Waals surface area (Å²) >= 11 is 3.38. The highest BCUT2D eigenvalue weighted by molar-refractivity contribution is 9.10. The van der Waals surface area contributed by atoms with Crippen molar-refractivity contribution in [2.24, 2.45) is 0 Å². The molecule has 7 heteroatoms. The largest absolute Gasteiger partial charge is 0.325 e. The molecule has 0 saturated heterocycles. The minimum atomic E-state index is -0.548. The summed E-state index contributed by atoms with van der Waals surface area (Å²) in [4.78, 5) is 41.2. The van der Waals surface area contributed by atoms with Gasteiger partial charge in [-0.1, -0.05) is 15.9 Å². The second kappa shape index (κ2) is 5.92. The van der Waals surface area contributed by atoms with Crippen LogP contribution in [0.25, 0.3) is 0 Å². The van der Waals surface area contributed by atoms with Crippen molar-refractivity contribution >= 4 is 39.3 Å². The molecule has 6 nitrogen and oxygen atoms in total. The van der Waals surface area contributed by atoms with Gasteiger partial charge in [-0.05, 0) is 42.8 Å². The van der Waals surface area contributed by atoms with Crippen molar-refractivity contribution in [3.63, 3.8) is 0 Å². The number of pyridine rings is 1. The first-order valence-corrected chi connectivity index (χ1v) is 7.64. The number of nitrogens with one attached hydrogen (secondary N) is 1. The molecule has 1 aromatic carbocycles. The van der Waals surface area contributed by atoms with E-state index in [2.05, 4.69) is 26.2 Å². The van der Waals surface area contributed by atoms with E-state index in [0.29, 0.717) is 5.69 Å². The summed E-state index contributed by atoms with van der Waals surface area (Å²) in [5.74, 6) is -1.49. The Morgan fingerprint density at radius 2 is 2.04 bits per heavy atom. The topological polar surface area (TPSA) is 79.4 Å². The first-order valence-electron chi connectivity index (χ1n) is 6.84. The van der Waals surface area contributed by atoms with Crippen LogP contribution in [-0.4, -0.2) is 34.2 Å². The van der Waals surface area contributed by atoms with Crippen molar-refractivity contribution in [3.8, 4) is 0 Å². The molecule has 0 unspecified atom stereocenters. The maximum atomic E-state index is 12.2. The first-order chi connectivity index (χ1) is 11.0. The lowest BCUT2D eigenvalue weighted by atomic mass is 10.2. The third kappa shape index (κ3) is 2.87. The number of aromatic nitrogens is 1. The van der Waals surface area contributed by atoms with Crippen molar-refractivity contribution < 1.29 is 14.4 Å². The van der Waals surface area contributed by atoms with E-state index in [1.807, 2.05) is 13.0 Å².